The lowest BCUT2D eigenvalue weighted by atomic mass is 9.97. The maximum Gasteiger partial charge on any atom is 0.249 e. The van der Waals surface area contributed by atoms with Crippen molar-refractivity contribution in [1.29, 1.82) is 0 Å². The Kier molecular flexibility index (Phi) is 3.85. The molecule has 1 N–H and O–H groups in total. The highest BCUT2D eigenvalue weighted by Crippen LogP contribution is 2.40. The van der Waals surface area contributed by atoms with Crippen LogP contribution >= 0.6 is 0 Å². The molecule has 3 aromatic heterocycles. The van der Waals surface area contributed by atoms with Gasteiger partial charge >= 0.3 is 0 Å². The molecule has 1 aromatic carbocycles. The van der Waals surface area contributed by atoms with E-state index in [9.17, 15) is 8.42 Å². The molecular weight excluding hydrogens is 376 g/mol. The van der Waals surface area contributed by atoms with E-state index in [1.807, 2.05) is 36.4 Å². The normalized spacial score (nSPS) is 17.7. The van der Waals surface area contributed by atoms with E-state index in [1.54, 1.807) is 13.1 Å². The molecule has 1 atom stereocenters. The predicted molar refractivity (Wildman–Crippen MR) is 103 cm³/mol. The van der Waals surface area contributed by atoms with Crippen LogP contribution in [0.4, 0.5) is 0 Å². The molecule has 8 heteroatoms. The summed E-state index contributed by atoms with van der Waals surface area (Å²) in [5.74, 6) is 0.280. The minimum Gasteiger partial charge on any atom is -0.360 e. The summed E-state index contributed by atoms with van der Waals surface area (Å²) in [6, 6.07) is 13.0. The van der Waals surface area contributed by atoms with Crippen LogP contribution in [0.2, 0.25) is 0 Å². The van der Waals surface area contributed by atoms with Crippen LogP contribution < -0.4 is 0 Å². The van der Waals surface area contributed by atoms with Crippen LogP contribution in [0.15, 0.2) is 64.3 Å². The van der Waals surface area contributed by atoms with Gasteiger partial charge in [0, 0.05) is 29.3 Å². The lowest BCUT2D eigenvalue weighted by molar-refractivity contribution is 0.334. The van der Waals surface area contributed by atoms with Gasteiger partial charge in [0.15, 0.2) is 5.76 Å². The molecule has 0 amide bonds. The number of hydrogen-bond acceptors (Lipinski definition) is 5. The van der Waals surface area contributed by atoms with Gasteiger partial charge in [0.2, 0.25) is 10.0 Å². The second kappa shape index (κ2) is 6.29. The Balaban J connectivity index is 1.73. The van der Waals surface area contributed by atoms with Crippen LogP contribution in [-0.4, -0.2) is 34.4 Å². The monoisotopic (exact) mass is 394 g/mol. The summed E-state index contributed by atoms with van der Waals surface area (Å²) in [6.45, 7) is 1.96. The van der Waals surface area contributed by atoms with Crippen molar-refractivity contribution in [3.63, 3.8) is 0 Å². The van der Waals surface area contributed by atoms with Gasteiger partial charge in [0.25, 0.3) is 0 Å². The molecular formula is C20H18N4O3S. The van der Waals surface area contributed by atoms with E-state index in [-0.39, 0.29) is 10.7 Å². The predicted octanol–water partition coefficient (Wildman–Crippen LogP) is 3.20. The van der Waals surface area contributed by atoms with Crippen molar-refractivity contribution in [2.24, 2.45) is 0 Å². The van der Waals surface area contributed by atoms with Gasteiger partial charge in [0.05, 0.1) is 11.9 Å². The number of para-hydroxylation sites is 1. The zero-order chi connectivity index (χ0) is 19.3. The van der Waals surface area contributed by atoms with Crippen LogP contribution in [0.1, 0.15) is 28.8 Å². The first-order valence-electron chi connectivity index (χ1n) is 9.01. The summed E-state index contributed by atoms with van der Waals surface area (Å²) >= 11 is 0. The maximum absolute atomic E-state index is 13.5. The van der Waals surface area contributed by atoms with Crippen molar-refractivity contribution >= 4 is 20.9 Å². The van der Waals surface area contributed by atoms with Crippen LogP contribution in [0.3, 0.4) is 0 Å². The second-order valence-electron chi connectivity index (χ2n) is 6.83. The van der Waals surface area contributed by atoms with E-state index in [0.717, 1.165) is 22.2 Å². The number of benzene rings is 1. The van der Waals surface area contributed by atoms with Crippen molar-refractivity contribution in [3.8, 4) is 0 Å². The topological polar surface area (TPSA) is 92.1 Å². The Morgan fingerprint density at radius 1 is 1.18 bits per heavy atom. The van der Waals surface area contributed by atoms with Gasteiger partial charge in [-0.2, -0.15) is 4.31 Å². The zero-order valence-corrected chi connectivity index (χ0v) is 16.0. The summed E-state index contributed by atoms with van der Waals surface area (Å²) in [4.78, 5) is 8.01. The number of pyridine rings is 1. The molecule has 0 spiro atoms. The Labute approximate surface area is 162 Å². The Morgan fingerprint density at radius 3 is 2.75 bits per heavy atom. The molecule has 4 heterocycles. The molecule has 0 saturated heterocycles. The summed E-state index contributed by atoms with van der Waals surface area (Å²) in [5, 5.41) is 4.78. The fourth-order valence-corrected chi connectivity index (χ4v) is 5.63. The highest BCUT2D eigenvalue weighted by atomic mass is 32.2. The first-order valence-corrected chi connectivity index (χ1v) is 10.4. The number of fused-ring (bicyclic) bond motifs is 3. The van der Waals surface area contributed by atoms with E-state index in [1.165, 1.54) is 10.5 Å². The van der Waals surface area contributed by atoms with Crippen LogP contribution in [0.5, 0.6) is 0 Å². The van der Waals surface area contributed by atoms with Crippen LogP contribution in [-0.2, 0) is 16.4 Å². The van der Waals surface area contributed by atoms with Crippen molar-refractivity contribution < 1.29 is 12.9 Å². The molecule has 28 heavy (non-hydrogen) atoms. The number of aromatic nitrogens is 3. The smallest absolute Gasteiger partial charge is 0.249 e. The van der Waals surface area contributed by atoms with Gasteiger partial charge in [-0.05, 0) is 37.1 Å². The van der Waals surface area contributed by atoms with Gasteiger partial charge < -0.3 is 9.51 Å². The van der Waals surface area contributed by atoms with Gasteiger partial charge in [-0.15, -0.1) is 0 Å². The first kappa shape index (κ1) is 17.2. The zero-order valence-electron chi connectivity index (χ0n) is 15.2. The van der Waals surface area contributed by atoms with Crippen molar-refractivity contribution in [1.82, 2.24) is 19.4 Å². The van der Waals surface area contributed by atoms with E-state index in [4.69, 9.17) is 4.52 Å². The van der Waals surface area contributed by atoms with Gasteiger partial charge in [-0.25, -0.2) is 8.42 Å². The maximum atomic E-state index is 13.5. The number of H-pyrrole nitrogens is 1. The lowest BCUT2D eigenvalue weighted by Gasteiger charge is -2.34. The third-order valence-electron chi connectivity index (χ3n) is 5.25. The molecule has 0 aliphatic carbocycles. The van der Waals surface area contributed by atoms with Crippen molar-refractivity contribution in [2.45, 2.75) is 24.3 Å². The summed E-state index contributed by atoms with van der Waals surface area (Å²) in [6.07, 6.45) is 3.56. The van der Waals surface area contributed by atoms with E-state index in [0.29, 0.717) is 18.7 Å². The summed E-state index contributed by atoms with van der Waals surface area (Å²) in [7, 11) is -3.81. The SMILES string of the molecule is Cc1oncc1S(=O)(=O)N1CCc2c([nH]c3ccccc23)C1c1ccccn1. The number of aryl methyl sites for hydroxylation is 1. The Morgan fingerprint density at radius 2 is 2.00 bits per heavy atom. The third-order valence-corrected chi connectivity index (χ3v) is 7.21. The molecule has 1 aliphatic rings. The van der Waals surface area contributed by atoms with Gasteiger partial charge in [0.1, 0.15) is 10.9 Å². The van der Waals surface area contributed by atoms with E-state index >= 15 is 0 Å². The number of hydrogen-bond donors (Lipinski definition) is 1. The molecule has 4 aromatic rings. The fourth-order valence-electron chi connectivity index (χ4n) is 3.97. The summed E-state index contributed by atoms with van der Waals surface area (Å²) < 4.78 is 33.4. The first-order chi connectivity index (χ1) is 13.6. The molecule has 7 nitrogen and oxygen atoms in total. The number of rotatable bonds is 3. The molecule has 0 saturated carbocycles. The number of nitrogens with zero attached hydrogens (tertiary/aromatic N) is 3. The molecule has 5 rings (SSSR count). The molecule has 1 aliphatic heterocycles. The molecule has 0 radical (unpaired) electrons. The highest BCUT2D eigenvalue weighted by molar-refractivity contribution is 7.89. The van der Waals surface area contributed by atoms with Crippen LogP contribution in [0, 0.1) is 6.92 Å². The quantitative estimate of drug-likeness (QED) is 0.576. The van der Waals surface area contributed by atoms with E-state index < -0.39 is 16.1 Å². The summed E-state index contributed by atoms with van der Waals surface area (Å²) in [5.41, 5.74) is 3.67. The van der Waals surface area contributed by atoms with Crippen molar-refractivity contribution in [2.75, 3.05) is 6.54 Å². The lowest BCUT2D eigenvalue weighted by Crippen LogP contribution is -2.41. The molecule has 142 valence electrons. The van der Waals surface area contributed by atoms with Crippen LogP contribution in [0.25, 0.3) is 10.9 Å². The molecule has 0 fully saturated rings. The Hall–Kier alpha value is -2.97. The van der Waals surface area contributed by atoms with Gasteiger partial charge in [-0.1, -0.05) is 29.4 Å². The minimum atomic E-state index is -3.81. The van der Waals surface area contributed by atoms with Gasteiger partial charge in [-0.3, -0.25) is 4.98 Å². The average molecular weight is 394 g/mol. The molecule has 1 unspecified atom stereocenters. The van der Waals surface area contributed by atoms with E-state index in [2.05, 4.69) is 21.2 Å². The number of sulfonamides is 1. The largest absolute Gasteiger partial charge is 0.360 e. The second-order valence-corrected chi connectivity index (χ2v) is 8.69. The number of nitrogens with one attached hydrogen (secondary N) is 1. The standard InChI is InChI=1S/C20H18N4O3S/c1-13-18(12-22-27-13)28(25,26)24-11-9-15-14-6-2-3-7-16(14)23-19(15)20(24)17-8-4-5-10-21-17/h2-8,10,12,20,23H,9,11H2,1H3. The fraction of sp³-hybridized carbons (Fsp3) is 0.200. The minimum absolute atomic E-state index is 0.0907. The van der Waals surface area contributed by atoms with Crippen molar-refractivity contribution in [3.05, 3.63) is 77.6 Å². The Bertz CT molecular complexity index is 1260. The third kappa shape index (κ3) is 2.49. The molecule has 0 bridgehead atoms. The highest BCUT2D eigenvalue weighted by Gasteiger charge is 2.41. The number of aromatic amines is 1. The average Bonchev–Trinajstić information content (AvgIpc) is 3.31.